The molecular formula is C13H10ClIN2O. The zero-order valence-corrected chi connectivity index (χ0v) is 12.5. The molecule has 2 aromatic rings. The molecule has 1 heterocycles. The number of amides is 1. The molecule has 3 nitrogen and oxygen atoms in total. The van der Waals surface area contributed by atoms with E-state index in [1.54, 1.807) is 48.6 Å². The van der Waals surface area contributed by atoms with E-state index in [1.165, 1.54) is 0 Å². The number of benzene rings is 1. The predicted octanol–water partition coefficient (Wildman–Crippen LogP) is 3.62. The normalized spacial score (nSPS) is 10.2. The highest BCUT2D eigenvalue weighted by Gasteiger charge is 2.14. The van der Waals surface area contributed by atoms with Gasteiger partial charge in [-0.3, -0.25) is 9.78 Å². The zero-order valence-electron chi connectivity index (χ0n) is 9.60. The van der Waals surface area contributed by atoms with Crippen molar-refractivity contribution in [1.29, 1.82) is 0 Å². The number of hydrogen-bond donors (Lipinski definition) is 0. The fourth-order valence-electron chi connectivity index (χ4n) is 1.51. The van der Waals surface area contributed by atoms with E-state index in [2.05, 4.69) is 27.6 Å². The van der Waals surface area contributed by atoms with Gasteiger partial charge in [0.2, 0.25) is 0 Å². The molecule has 0 bridgehead atoms. The van der Waals surface area contributed by atoms with Crippen molar-refractivity contribution in [2.75, 3.05) is 11.9 Å². The van der Waals surface area contributed by atoms with Crippen molar-refractivity contribution in [3.8, 4) is 0 Å². The molecule has 18 heavy (non-hydrogen) atoms. The van der Waals surface area contributed by atoms with Gasteiger partial charge in [0.25, 0.3) is 5.91 Å². The van der Waals surface area contributed by atoms with Gasteiger partial charge in [-0.1, -0.05) is 11.6 Å². The van der Waals surface area contributed by atoms with Crippen LogP contribution in [0.25, 0.3) is 0 Å². The van der Waals surface area contributed by atoms with Gasteiger partial charge in [0, 0.05) is 34.3 Å². The monoisotopic (exact) mass is 372 g/mol. The molecule has 0 atom stereocenters. The number of aromatic nitrogens is 1. The highest BCUT2D eigenvalue weighted by molar-refractivity contribution is 14.1. The Kier molecular flexibility index (Phi) is 4.19. The molecule has 0 aliphatic carbocycles. The van der Waals surface area contributed by atoms with E-state index in [0.717, 1.165) is 9.26 Å². The van der Waals surface area contributed by atoms with E-state index in [9.17, 15) is 4.79 Å². The van der Waals surface area contributed by atoms with Crippen molar-refractivity contribution in [2.24, 2.45) is 0 Å². The second-order valence-corrected chi connectivity index (χ2v) is 5.27. The maximum Gasteiger partial charge on any atom is 0.258 e. The fourth-order valence-corrected chi connectivity index (χ4v) is 2.02. The lowest BCUT2D eigenvalue weighted by Crippen LogP contribution is -2.26. The Morgan fingerprint density at radius 3 is 2.56 bits per heavy atom. The van der Waals surface area contributed by atoms with E-state index in [1.807, 2.05) is 6.07 Å². The van der Waals surface area contributed by atoms with Crippen LogP contribution in [0.3, 0.4) is 0 Å². The standard InChI is InChI=1S/C13H10ClIN2O/c1-17(10-4-6-16-7-5-10)13(18)9-2-3-12(15)11(14)8-9/h2-8H,1H3. The minimum Gasteiger partial charge on any atom is -0.311 e. The molecule has 0 aliphatic rings. The molecule has 0 fully saturated rings. The summed E-state index contributed by atoms with van der Waals surface area (Å²) in [6, 6.07) is 8.85. The van der Waals surface area contributed by atoms with Gasteiger partial charge in [0.15, 0.2) is 0 Å². The van der Waals surface area contributed by atoms with E-state index < -0.39 is 0 Å². The Morgan fingerprint density at radius 2 is 1.94 bits per heavy atom. The number of anilines is 1. The minimum atomic E-state index is -0.0977. The van der Waals surface area contributed by atoms with Gasteiger partial charge in [-0.15, -0.1) is 0 Å². The summed E-state index contributed by atoms with van der Waals surface area (Å²) >= 11 is 8.15. The summed E-state index contributed by atoms with van der Waals surface area (Å²) < 4.78 is 0.928. The van der Waals surface area contributed by atoms with E-state index >= 15 is 0 Å². The molecule has 1 aromatic carbocycles. The van der Waals surface area contributed by atoms with Crippen LogP contribution in [0.15, 0.2) is 42.7 Å². The summed E-state index contributed by atoms with van der Waals surface area (Å²) in [6.07, 6.45) is 3.31. The number of nitrogens with zero attached hydrogens (tertiary/aromatic N) is 2. The highest BCUT2D eigenvalue weighted by Crippen LogP contribution is 2.21. The first-order chi connectivity index (χ1) is 8.59. The minimum absolute atomic E-state index is 0.0977. The molecule has 0 saturated heterocycles. The third-order valence-electron chi connectivity index (χ3n) is 2.52. The summed E-state index contributed by atoms with van der Waals surface area (Å²) in [7, 11) is 1.73. The van der Waals surface area contributed by atoms with Crippen molar-refractivity contribution in [3.63, 3.8) is 0 Å². The first-order valence-electron chi connectivity index (χ1n) is 5.22. The molecule has 0 saturated carbocycles. The van der Waals surface area contributed by atoms with Crippen LogP contribution in [0.2, 0.25) is 5.02 Å². The lowest BCUT2D eigenvalue weighted by Gasteiger charge is -2.17. The molecule has 0 N–H and O–H groups in total. The second-order valence-electron chi connectivity index (χ2n) is 3.70. The van der Waals surface area contributed by atoms with Gasteiger partial charge in [0.1, 0.15) is 0 Å². The Balaban J connectivity index is 2.29. The fraction of sp³-hybridized carbons (Fsp3) is 0.0769. The summed E-state index contributed by atoms with van der Waals surface area (Å²) in [4.78, 5) is 17.7. The maximum absolute atomic E-state index is 12.3. The highest BCUT2D eigenvalue weighted by atomic mass is 127. The van der Waals surface area contributed by atoms with Gasteiger partial charge in [0.05, 0.1) is 5.02 Å². The summed E-state index contributed by atoms with van der Waals surface area (Å²) in [5, 5.41) is 0.588. The molecule has 1 aromatic heterocycles. The Hall–Kier alpha value is -1.14. The quantitative estimate of drug-likeness (QED) is 0.755. The van der Waals surface area contributed by atoms with Gasteiger partial charge in [-0.25, -0.2) is 0 Å². The Bertz CT molecular complexity index is 574. The third-order valence-corrected chi connectivity index (χ3v) is 4.09. The molecule has 0 radical (unpaired) electrons. The van der Waals surface area contributed by atoms with Crippen LogP contribution in [0.4, 0.5) is 5.69 Å². The molecule has 1 amide bonds. The number of carbonyl (C=O) groups is 1. The van der Waals surface area contributed by atoms with Gasteiger partial charge < -0.3 is 4.90 Å². The summed E-state index contributed by atoms with van der Waals surface area (Å²) in [5.74, 6) is -0.0977. The summed E-state index contributed by atoms with van der Waals surface area (Å²) in [6.45, 7) is 0. The molecule has 0 unspecified atom stereocenters. The second kappa shape index (κ2) is 5.67. The summed E-state index contributed by atoms with van der Waals surface area (Å²) in [5.41, 5.74) is 1.37. The lowest BCUT2D eigenvalue weighted by molar-refractivity contribution is 0.0993. The number of pyridine rings is 1. The van der Waals surface area contributed by atoms with E-state index in [-0.39, 0.29) is 5.91 Å². The Morgan fingerprint density at radius 1 is 1.28 bits per heavy atom. The average molecular weight is 373 g/mol. The molecule has 0 aliphatic heterocycles. The van der Waals surface area contributed by atoms with Crippen LogP contribution < -0.4 is 4.90 Å². The molecule has 5 heteroatoms. The maximum atomic E-state index is 12.3. The van der Waals surface area contributed by atoms with E-state index in [0.29, 0.717) is 10.6 Å². The van der Waals surface area contributed by atoms with Gasteiger partial charge in [-0.2, -0.15) is 0 Å². The van der Waals surface area contributed by atoms with Crippen molar-refractivity contribution in [3.05, 3.63) is 56.9 Å². The lowest BCUT2D eigenvalue weighted by atomic mass is 10.2. The van der Waals surface area contributed by atoms with Crippen molar-refractivity contribution in [1.82, 2.24) is 4.98 Å². The average Bonchev–Trinajstić information content (AvgIpc) is 2.41. The topological polar surface area (TPSA) is 33.2 Å². The largest absolute Gasteiger partial charge is 0.311 e. The van der Waals surface area contributed by atoms with Crippen LogP contribution in [-0.4, -0.2) is 17.9 Å². The van der Waals surface area contributed by atoms with Crippen LogP contribution in [0, 0.1) is 3.57 Å². The van der Waals surface area contributed by atoms with Crippen LogP contribution in [0.1, 0.15) is 10.4 Å². The van der Waals surface area contributed by atoms with E-state index in [4.69, 9.17) is 11.6 Å². The molecule has 0 spiro atoms. The SMILES string of the molecule is CN(C(=O)c1ccc(I)c(Cl)c1)c1ccncc1. The smallest absolute Gasteiger partial charge is 0.258 e. The predicted molar refractivity (Wildman–Crippen MR) is 81.1 cm³/mol. The van der Waals surface area contributed by atoms with Crippen molar-refractivity contribution >= 4 is 45.8 Å². The molecule has 2 rings (SSSR count). The number of carbonyl (C=O) groups excluding carboxylic acids is 1. The third kappa shape index (κ3) is 2.81. The number of halogens is 2. The first kappa shape index (κ1) is 13.3. The number of rotatable bonds is 2. The van der Waals surface area contributed by atoms with Crippen LogP contribution >= 0.6 is 34.2 Å². The van der Waals surface area contributed by atoms with Crippen LogP contribution in [0.5, 0.6) is 0 Å². The van der Waals surface area contributed by atoms with Gasteiger partial charge in [-0.05, 0) is 52.9 Å². The zero-order chi connectivity index (χ0) is 13.1. The van der Waals surface area contributed by atoms with Gasteiger partial charge >= 0.3 is 0 Å². The first-order valence-corrected chi connectivity index (χ1v) is 6.68. The molecule has 92 valence electrons. The van der Waals surface area contributed by atoms with Crippen molar-refractivity contribution in [2.45, 2.75) is 0 Å². The Labute approximate surface area is 124 Å². The number of hydrogen-bond acceptors (Lipinski definition) is 2. The van der Waals surface area contributed by atoms with Crippen LogP contribution in [-0.2, 0) is 0 Å². The molecular weight excluding hydrogens is 363 g/mol. The van der Waals surface area contributed by atoms with Crippen molar-refractivity contribution < 1.29 is 4.79 Å².